The Labute approximate surface area is 237 Å². The van der Waals surface area contributed by atoms with E-state index in [4.69, 9.17) is 4.74 Å². The number of aryl methyl sites for hydroxylation is 1. The fourth-order valence-electron chi connectivity index (χ4n) is 4.72. The monoisotopic (exact) mass is 585 g/mol. The molecule has 0 saturated heterocycles. The number of nitrogens with zero attached hydrogens (tertiary/aromatic N) is 3. The van der Waals surface area contributed by atoms with Crippen molar-refractivity contribution >= 4 is 33.5 Å². The van der Waals surface area contributed by atoms with Gasteiger partial charge in [-0.25, -0.2) is 4.68 Å². The maximum atomic E-state index is 13.8. The van der Waals surface area contributed by atoms with Crippen molar-refractivity contribution in [1.82, 2.24) is 14.8 Å². The number of ether oxygens (including phenoxy) is 1. The number of amides is 1. The van der Waals surface area contributed by atoms with Gasteiger partial charge in [-0.3, -0.25) is 4.79 Å². The number of nitrogens with one attached hydrogen (secondary N) is 2. The van der Waals surface area contributed by atoms with Crippen LogP contribution in [0.5, 0.6) is 5.75 Å². The van der Waals surface area contributed by atoms with Crippen molar-refractivity contribution in [3.05, 3.63) is 111 Å². The van der Waals surface area contributed by atoms with E-state index in [2.05, 4.69) is 81.7 Å². The smallest absolute Gasteiger partial charge is 0.255 e. The summed E-state index contributed by atoms with van der Waals surface area (Å²) in [6.07, 6.45) is 1.49. The van der Waals surface area contributed by atoms with Crippen LogP contribution in [-0.2, 0) is 16.8 Å². The highest BCUT2D eigenvalue weighted by Gasteiger charge is 2.35. The third-order valence-corrected chi connectivity index (χ3v) is 7.29. The van der Waals surface area contributed by atoms with Crippen LogP contribution in [0.2, 0.25) is 0 Å². The molecule has 0 saturated carbocycles. The number of anilines is 2. The first-order chi connectivity index (χ1) is 18.6. The van der Waals surface area contributed by atoms with Gasteiger partial charge >= 0.3 is 0 Å². The first-order valence-electron chi connectivity index (χ1n) is 12.9. The van der Waals surface area contributed by atoms with E-state index in [1.165, 1.54) is 11.9 Å². The van der Waals surface area contributed by atoms with Gasteiger partial charge < -0.3 is 15.4 Å². The third-order valence-electron chi connectivity index (χ3n) is 6.80. The molecule has 2 heterocycles. The molecule has 4 aromatic rings. The molecule has 0 spiro atoms. The van der Waals surface area contributed by atoms with E-state index in [0.717, 1.165) is 26.9 Å². The van der Waals surface area contributed by atoms with Crippen LogP contribution in [0.1, 0.15) is 56.0 Å². The average Bonchev–Trinajstić information content (AvgIpc) is 3.35. The Morgan fingerprint density at radius 3 is 2.56 bits per heavy atom. The van der Waals surface area contributed by atoms with Gasteiger partial charge in [-0.05, 0) is 66.3 Å². The van der Waals surface area contributed by atoms with Gasteiger partial charge in [0.25, 0.3) is 5.91 Å². The Balaban J connectivity index is 1.50. The van der Waals surface area contributed by atoms with E-state index in [1.807, 2.05) is 56.3 Å². The first kappa shape index (κ1) is 26.7. The van der Waals surface area contributed by atoms with Gasteiger partial charge in [-0.1, -0.05) is 73.1 Å². The number of halogens is 1. The summed E-state index contributed by atoms with van der Waals surface area (Å²) in [5.41, 5.74) is 6.25. The maximum Gasteiger partial charge on any atom is 0.255 e. The fraction of sp³-hybridized carbons (Fsp3) is 0.258. The standard InChI is InChI=1S/C31H32BrN5O2/c1-19-7-6-8-24(15-19)36-29(38)27-20(2)35-30-33-18-34-37(30)28(27)25-16-23(32)13-14-26(25)39-17-21-9-11-22(12-10-21)31(3,4)5/h6-16,18,28H,17H2,1-5H3,(H,36,38)(H,33,34,35). The van der Waals surface area contributed by atoms with Crippen LogP contribution in [0.15, 0.2) is 88.8 Å². The summed E-state index contributed by atoms with van der Waals surface area (Å²) in [5.74, 6) is 1.01. The highest BCUT2D eigenvalue weighted by atomic mass is 79.9. The largest absolute Gasteiger partial charge is 0.489 e. The van der Waals surface area contributed by atoms with E-state index >= 15 is 0 Å². The van der Waals surface area contributed by atoms with Gasteiger partial charge in [-0.15, -0.1) is 0 Å². The van der Waals surface area contributed by atoms with Gasteiger partial charge in [-0.2, -0.15) is 10.1 Å². The Bertz CT molecular complexity index is 1550. The molecule has 1 aromatic heterocycles. The van der Waals surface area contributed by atoms with Crippen LogP contribution in [0.25, 0.3) is 0 Å². The molecule has 0 bridgehead atoms. The second kappa shape index (κ2) is 10.7. The number of rotatable bonds is 6. The second-order valence-corrected chi connectivity index (χ2v) is 11.8. The van der Waals surface area contributed by atoms with E-state index in [1.54, 1.807) is 4.68 Å². The molecule has 1 aliphatic heterocycles. The topological polar surface area (TPSA) is 81.1 Å². The molecular formula is C31H32BrN5O2. The van der Waals surface area contributed by atoms with Crippen LogP contribution in [0.3, 0.4) is 0 Å². The quantitative estimate of drug-likeness (QED) is 0.251. The lowest BCUT2D eigenvalue weighted by Gasteiger charge is -2.30. The molecule has 7 nitrogen and oxygen atoms in total. The minimum absolute atomic E-state index is 0.0857. The van der Waals surface area contributed by atoms with Gasteiger partial charge in [0.1, 0.15) is 24.7 Å². The molecular weight excluding hydrogens is 554 g/mol. The number of carbonyl (C=O) groups is 1. The lowest BCUT2D eigenvalue weighted by molar-refractivity contribution is -0.113. The summed E-state index contributed by atoms with van der Waals surface area (Å²) < 4.78 is 8.99. The van der Waals surface area contributed by atoms with Crippen molar-refractivity contribution in [3.8, 4) is 5.75 Å². The minimum Gasteiger partial charge on any atom is -0.489 e. The highest BCUT2D eigenvalue weighted by Crippen LogP contribution is 2.40. The van der Waals surface area contributed by atoms with Crippen molar-refractivity contribution in [2.75, 3.05) is 10.6 Å². The first-order valence-corrected chi connectivity index (χ1v) is 13.7. The third kappa shape index (κ3) is 5.76. The van der Waals surface area contributed by atoms with Crippen molar-refractivity contribution in [2.45, 2.75) is 52.7 Å². The molecule has 8 heteroatoms. The summed E-state index contributed by atoms with van der Waals surface area (Å²) in [5, 5.41) is 10.8. The molecule has 0 radical (unpaired) electrons. The predicted octanol–water partition coefficient (Wildman–Crippen LogP) is 7.15. The molecule has 0 aliphatic carbocycles. The molecule has 5 rings (SSSR count). The number of allylic oxidation sites excluding steroid dienone is 1. The van der Waals surface area contributed by atoms with Crippen LogP contribution in [-0.4, -0.2) is 20.7 Å². The number of fused-ring (bicyclic) bond motifs is 1. The Morgan fingerprint density at radius 2 is 1.85 bits per heavy atom. The molecule has 200 valence electrons. The average molecular weight is 587 g/mol. The van der Waals surface area contributed by atoms with E-state index in [0.29, 0.717) is 29.6 Å². The van der Waals surface area contributed by atoms with Gasteiger partial charge in [0.2, 0.25) is 5.95 Å². The summed E-state index contributed by atoms with van der Waals surface area (Å²) in [6, 6.07) is 21.5. The van der Waals surface area contributed by atoms with Crippen molar-refractivity contribution in [2.24, 2.45) is 0 Å². The Hall–Kier alpha value is -3.91. The lowest BCUT2D eigenvalue weighted by Crippen LogP contribution is -2.31. The normalized spacial score (nSPS) is 15.0. The molecule has 0 fully saturated rings. The molecule has 39 heavy (non-hydrogen) atoms. The molecule has 1 atom stereocenters. The zero-order valence-corrected chi connectivity index (χ0v) is 24.3. The summed E-state index contributed by atoms with van der Waals surface area (Å²) in [4.78, 5) is 18.1. The minimum atomic E-state index is -0.552. The Kier molecular flexibility index (Phi) is 7.32. The predicted molar refractivity (Wildman–Crippen MR) is 158 cm³/mol. The summed E-state index contributed by atoms with van der Waals surface area (Å²) in [6.45, 7) is 10.9. The van der Waals surface area contributed by atoms with Gasteiger partial charge in [0.05, 0.1) is 5.57 Å². The number of carbonyl (C=O) groups excluding carboxylic acids is 1. The van der Waals surface area contributed by atoms with Crippen molar-refractivity contribution in [1.29, 1.82) is 0 Å². The van der Waals surface area contributed by atoms with E-state index < -0.39 is 6.04 Å². The number of hydrogen-bond acceptors (Lipinski definition) is 5. The number of hydrogen-bond donors (Lipinski definition) is 2. The molecule has 1 amide bonds. The molecule has 1 unspecified atom stereocenters. The summed E-state index contributed by atoms with van der Waals surface area (Å²) >= 11 is 3.62. The lowest BCUT2D eigenvalue weighted by atomic mass is 9.87. The molecule has 2 N–H and O–H groups in total. The van der Waals surface area contributed by atoms with Crippen LogP contribution >= 0.6 is 15.9 Å². The highest BCUT2D eigenvalue weighted by molar-refractivity contribution is 9.10. The van der Waals surface area contributed by atoms with Gasteiger partial charge in [0, 0.05) is 21.4 Å². The van der Waals surface area contributed by atoms with Crippen LogP contribution < -0.4 is 15.4 Å². The number of benzene rings is 3. The molecule has 3 aromatic carbocycles. The zero-order chi connectivity index (χ0) is 27.7. The summed E-state index contributed by atoms with van der Waals surface area (Å²) in [7, 11) is 0. The van der Waals surface area contributed by atoms with Crippen molar-refractivity contribution in [3.63, 3.8) is 0 Å². The van der Waals surface area contributed by atoms with Crippen molar-refractivity contribution < 1.29 is 9.53 Å². The van der Waals surface area contributed by atoms with E-state index in [-0.39, 0.29) is 11.3 Å². The number of aromatic nitrogens is 3. The van der Waals surface area contributed by atoms with Crippen LogP contribution in [0, 0.1) is 6.92 Å². The molecule has 1 aliphatic rings. The van der Waals surface area contributed by atoms with Gasteiger partial charge in [0.15, 0.2) is 0 Å². The zero-order valence-electron chi connectivity index (χ0n) is 22.7. The maximum absolute atomic E-state index is 13.8. The van der Waals surface area contributed by atoms with Crippen LogP contribution in [0.4, 0.5) is 11.6 Å². The Morgan fingerprint density at radius 1 is 1.08 bits per heavy atom. The second-order valence-electron chi connectivity index (χ2n) is 10.8. The SMILES string of the molecule is CC1=C(C(=O)Nc2cccc(C)c2)C(c2cc(Br)ccc2OCc2ccc(C(C)(C)C)cc2)n2ncnc2N1. The van der Waals surface area contributed by atoms with E-state index in [9.17, 15) is 4.79 Å². The fourth-order valence-corrected chi connectivity index (χ4v) is 5.10.